The van der Waals surface area contributed by atoms with Gasteiger partial charge < -0.3 is 5.11 Å². The van der Waals surface area contributed by atoms with E-state index in [0.29, 0.717) is 5.56 Å². The molecule has 1 aliphatic heterocycles. The zero-order valence-corrected chi connectivity index (χ0v) is 17.1. The van der Waals surface area contributed by atoms with E-state index >= 15 is 0 Å². The molecule has 0 unspecified atom stereocenters. The first-order valence-corrected chi connectivity index (χ1v) is 10.1. The van der Waals surface area contributed by atoms with Crippen LogP contribution in [0.5, 0.6) is 5.75 Å². The Morgan fingerprint density at radius 2 is 1.55 bits per heavy atom. The summed E-state index contributed by atoms with van der Waals surface area (Å²) in [5, 5.41) is 17.9. The Morgan fingerprint density at radius 1 is 0.931 bits per heavy atom. The summed E-state index contributed by atoms with van der Waals surface area (Å²) >= 11 is 13.4. The van der Waals surface area contributed by atoms with E-state index in [4.69, 9.17) is 23.2 Å². The van der Waals surface area contributed by atoms with E-state index in [9.17, 15) is 9.90 Å². The fourth-order valence-corrected chi connectivity index (χ4v) is 4.22. The number of anilines is 2. The van der Waals surface area contributed by atoms with Crippen LogP contribution in [0.25, 0.3) is 0 Å². The highest BCUT2D eigenvalue weighted by atomic mass is 35.5. The Labute approximate surface area is 181 Å². The third kappa shape index (κ3) is 3.87. The van der Waals surface area contributed by atoms with Gasteiger partial charge in [0.2, 0.25) is 0 Å². The zero-order chi connectivity index (χ0) is 20.4. The van der Waals surface area contributed by atoms with Crippen LogP contribution in [0, 0.1) is 0 Å². The number of hydrogen-bond acceptors (Lipinski definition) is 5. The number of carbonyl (C=O) groups excluding carboxylic acids is 1. The number of fused-ring (bicyclic) bond motifs is 2. The van der Waals surface area contributed by atoms with Crippen molar-refractivity contribution in [1.29, 1.82) is 0 Å². The summed E-state index contributed by atoms with van der Waals surface area (Å²) in [5.74, 6) is -0.527. The second kappa shape index (κ2) is 8.29. The SMILES string of the molecule is O=C(/C=N/N=C/c1ccc(Cl)c(Cl)c1O)N1c2ccccc2Sc2ccccc21. The fraction of sp³-hybridized carbons (Fsp3) is 0. The van der Waals surface area contributed by atoms with Crippen LogP contribution >= 0.6 is 35.0 Å². The first-order chi connectivity index (χ1) is 14.1. The maximum Gasteiger partial charge on any atom is 0.275 e. The Balaban J connectivity index is 1.60. The van der Waals surface area contributed by atoms with Crippen molar-refractivity contribution in [3.05, 3.63) is 76.3 Å². The Kier molecular flexibility index (Phi) is 5.58. The van der Waals surface area contributed by atoms with Crippen LogP contribution in [-0.2, 0) is 4.79 Å². The Hall–Kier alpha value is -2.80. The summed E-state index contributed by atoms with van der Waals surface area (Å²) in [6.07, 6.45) is 2.43. The summed E-state index contributed by atoms with van der Waals surface area (Å²) < 4.78 is 0. The molecule has 1 N–H and O–H groups in total. The van der Waals surface area contributed by atoms with Crippen molar-refractivity contribution in [2.75, 3.05) is 4.90 Å². The third-order valence-electron chi connectivity index (χ3n) is 4.18. The molecule has 0 saturated carbocycles. The molecular weight excluding hydrogens is 429 g/mol. The van der Waals surface area contributed by atoms with Crippen molar-refractivity contribution in [1.82, 2.24) is 0 Å². The predicted octanol–water partition coefficient (Wildman–Crippen LogP) is 5.93. The van der Waals surface area contributed by atoms with Crippen molar-refractivity contribution in [2.24, 2.45) is 10.2 Å². The number of benzene rings is 3. The van der Waals surface area contributed by atoms with Crippen LogP contribution in [0.4, 0.5) is 11.4 Å². The van der Waals surface area contributed by atoms with Crippen LogP contribution < -0.4 is 4.90 Å². The summed E-state index contributed by atoms with van der Waals surface area (Å²) in [7, 11) is 0. The van der Waals surface area contributed by atoms with Crippen LogP contribution in [0.2, 0.25) is 10.0 Å². The van der Waals surface area contributed by atoms with Gasteiger partial charge in [0.05, 0.1) is 22.6 Å². The lowest BCUT2D eigenvalue weighted by molar-refractivity contribution is -0.111. The second-order valence-electron chi connectivity index (χ2n) is 6.00. The number of para-hydroxylation sites is 2. The van der Waals surface area contributed by atoms with Gasteiger partial charge in [0.15, 0.2) is 0 Å². The van der Waals surface area contributed by atoms with E-state index in [0.717, 1.165) is 27.4 Å². The van der Waals surface area contributed by atoms with Crippen molar-refractivity contribution in [3.8, 4) is 5.75 Å². The standard InChI is InChI=1S/C21H13Cl2N3O2S/c22-14-10-9-13(21(28)20(14)23)11-24-25-12-19(27)26-15-5-1-3-7-17(15)29-18-8-4-2-6-16(18)26/h1-12,28H/b24-11+,25-12+. The van der Waals surface area contributed by atoms with E-state index in [-0.39, 0.29) is 21.7 Å². The van der Waals surface area contributed by atoms with E-state index in [2.05, 4.69) is 10.2 Å². The summed E-state index contributed by atoms with van der Waals surface area (Å²) in [5.41, 5.74) is 1.92. The van der Waals surface area contributed by atoms with E-state index in [1.807, 2.05) is 48.5 Å². The van der Waals surface area contributed by atoms with E-state index in [1.165, 1.54) is 6.21 Å². The first kappa shape index (κ1) is 19.5. The minimum atomic E-state index is -0.333. The molecule has 0 saturated heterocycles. The molecular formula is C21H13Cl2N3O2S. The Morgan fingerprint density at radius 3 is 2.21 bits per heavy atom. The van der Waals surface area contributed by atoms with Crippen LogP contribution in [-0.4, -0.2) is 23.4 Å². The van der Waals surface area contributed by atoms with Gasteiger partial charge in [0, 0.05) is 15.4 Å². The van der Waals surface area contributed by atoms with Gasteiger partial charge >= 0.3 is 0 Å². The molecule has 0 radical (unpaired) electrons. The first-order valence-electron chi connectivity index (χ1n) is 8.49. The lowest BCUT2D eigenvalue weighted by Crippen LogP contribution is -2.29. The molecule has 0 atom stereocenters. The molecule has 0 bridgehead atoms. The highest BCUT2D eigenvalue weighted by molar-refractivity contribution is 7.99. The summed E-state index contributed by atoms with van der Waals surface area (Å²) in [6.45, 7) is 0. The Bertz CT molecular complexity index is 1120. The molecule has 8 heteroatoms. The average Bonchev–Trinajstić information content (AvgIpc) is 2.74. The minimum Gasteiger partial charge on any atom is -0.506 e. The number of aromatic hydroxyl groups is 1. The van der Waals surface area contributed by atoms with Gasteiger partial charge in [0.1, 0.15) is 17.0 Å². The van der Waals surface area contributed by atoms with Crippen LogP contribution in [0.3, 0.4) is 0 Å². The average molecular weight is 442 g/mol. The van der Waals surface area contributed by atoms with Gasteiger partial charge in [-0.1, -0.05) is 59.2 Å². The number of rotatable bonds is 3. The van der Waals surface area contributed by atoms with Crippen LogP contribution in [0.15, 0.2) is 80.7 Å². The molecule has 4 rings (SSSR count). The maximum atomic E-state index is 12.9. The molecule has 3 aromatic carbocycles. The van der Waals surface area contributed by atoms with E-state index < -0.39 is 0 Å². The third-order valence-corrected chi connectivity index (χ3v) is 6.11. The molecule has 0 fully saturated rings. The number of hydrogen-bond donors (Lipinski definition) is 1. The van der Waals surface area contributed by atoms with Gasteiger partial charge in [-0.15, -0.1) is 0 Å². The molecule has 5 nitrogen and oxygen atoms in total. The highest BCUT2D eigenvalue weighted by Crippen LogP contribution is 2.47. The number of carbonyl (C=O) groups is 1. The molecule has 1 heterocycles. The summed E-state index contributed by atoms with van der Waals surface area (Å²) in [4.78, 5) is 16.5. The molecule has 144 valence electrons. The monoisotopic (exact) mass is 441 g/mol. The highest BCUT2D eigenvalue weighted by Gasteiger charge is 2.26. The predicted molar refractivity (Wildman–Crippen MR) is 118 cm³/mol. The molecule has 1 amide bonds. The minimum absolute atomic E-state index is 0.0368. The van der Waals surface area contributed by atoms with Crippen molar-refractivity contribution < 1.29 is 9.90 Å². The largest absolute Gasteiger partial charge is 0.506 e. The lowest BCUT2D eigenvalue weighted by atomic mass is 10.2. The van der Waals surface area contributed by atoms with Gasteiger partial charge in [0.25, 0.3) is 5.91 Å². The molecule has 29 heavy (non-hydrogen) atoms. The molecule has 1 aliphatic rings. The van der Waals surface area contributed by atoms with Crippen molar-refractivity contribution in [3.63, 3.8) is 0 Å². The van der Waals surface area contributed by atoms with Crippen molar-refractivity contribution >= 4 is 64.7 Å². The molecule has 0 spiro atoms. The van der Waals surface area contributed by atoms with Crippen LogP contribution in [0.1, 0.15) is 5.56 Å². The maximum absolute atomic E-state index is 12.9. The lowest BCUT2D eigenvalue weighted by Gasteiger charge is -2.29. The number of phenolic OH excluding ortho intramolecular Hbond substituents is 1. The van der Waals surface area contributed by atoms with Crippen molar-refractivity contribution in [2.45, 2.75) is 9.79 Å². The zero-order valence-electron chi connectivity index (χ0n) is 14.8. The van der Waals surface area contributed by atoms with Gasteiger partial charge in [-0.05, 0) is 36.4 Å². The number of amides is 1. The number of nitrogens with zero attached hydrogens (tertiary/aromatic N) is 3. The van der Waals surface area contributed by atoms with Gasteiger partial charge in [-0.2, -0.15) is 10.2 Å². The smallest absolute Gasteiger partial charge is 0.275 e. The normalized spacial score (nSPS) is 13.0. The molecule has 0 aliphatic carbocycles. The fourth-order valence-electron chi connectivity index (χ4n) is 2.84. The number of phenols is 1. The molecule has 0 aromatic heterocycles. The van der Waals surface area contributed by atoms with Gasteiger partial charge in [-0.25, -0.2) is 0 Å². The van der Waals surface area contributed by atoms with E-state index in [1.54, 1.807) is 28.8 Å². The van der Waals surface area contributed by atoms with Gasteiger partial charge in [-0.3, -0.25) is 9.69 Å². The number of halogens is 2. The second-order valence-corrected chi connectivity index (χ2v) is 7.87. The quantitative estimate of drug-likeness (QED) is 0.404. The molecule has 3 aromatic rings. The summed E-state index contributed by atoms with van der Waals surface area (Å²) in [6, 6.07) is 18.5. The topological polar surface area (TPSA) is 65.3 Å².